The molecular formula is C18H42P2Pd+2. The molecule has 0 aromatic carbocycles. The van der Waals surface area contributed by atoms with Crippen molar-refractivity contribution in [3.05, 3.63) is 0 Å². The van der Waals surface area contributed by atoms with E-state index in [2.05, 4.69) is 83.1 Å². The molecule has 0 nitrogen and oxygen atoms in total. The minimum atomic E-state index is 0. The van der Waals surface area contributed by atoms with Crippen LogP contribution in [0.1, 0.15) is 83.1 Å². The van der Waals surface area contributed by atoms with Gasteiger partial charge in [-0.05, 0) is 34.0 Å². The molecule has 0 unspecified atom stereocenters. The second-order valence-corrected chi connectivity index (χ2v) is 15.4. The van der Waals surface area contributed by atoms with Crippen molar-refractivity contribution in [2.45, 2.75) is 117 Å². The second-order valence-electron chi connectivity index (χ2n) is 7.46. The van der Waals surface area contributed by atoms with E-state index >= 15 is 0 Å². The Morgan fingerprint density at radius 1 is 0.333 bits per heavy atom. The Morgan fingerprint density at radius 3 is 0.429 bits per heavy atom. The van der Waals surface area contributed by atoms with Gasteiger partial charge in [-0.25, -0.2) is 0 Å². The molecule has 0 amide bonds. The molecule has 21 heavy (non-hydrogen) atoms. The van der Waals surface area contributed by atoms with Crippen molar-refractivity contribution in [3.63, 3.8) is 0 Å². The maximum absolute atomic E-state index is 2.35. The fraction of sp³-hybridized carbons (Fsp3) is 1.00. The van der Waals surface area contributed by atoms with Gasteiger partial charge in [-0.1, -0.05) is 98.9 Å². The van der Waals surface area contributed by atoms with Crippen LogP contribution in [-0.4, -0.2) is 34.0 Å². The molecule has 0 aliphatic carbocycles. The van der Waals surface area contributed by atoms with Crippen LogP contribution in [0.15, 0.2) is 0 Å². The Morgan fingerprint density at radius 2 is 0.429 bits per heavy atom. The van der Waals surface area contributed by atoms with Gasteiger partial charge in [-0.15, -0.1) is 0 Å². The Kier molecular flexibility index (Phi) is 18.1. The van der Waals surface area contributed by atoms with Gasteiger partial charge in [0.15, 0.2) is 0 Å². The van der Waals surface area contributed by atoms with E-state index in [1.54, 1.807) is 0 Å². The van der Waals surface area contributed by atoms with Gasteiger partial charge in [-0.2, -0.15) is 0 Å². The fourth-order valence-corrected chi connectivity index (χ4v) is 10.7. The summed E-state index contributed by atoms with van der Waals surface area (Å²) in [5.41, 5.74) is 5.39. The van der Waals surface area contributed by atoms with Crippen LogP contribution in [0.2, 0.25) is 0 Å². The zero-order chi connectivity index (χ0) is 16.6. The van der Waals surface area contributed by atoms with Crippen molar-refractivity contribution in [1.82, 2.24) is 0 Å². The first kappa shape index (κ1) is 27.4. The maximum Gasteiger partial charge on any atom is 2.00 e. The molecule has 0 saturated carbocycles. The molecule has 0 N–H and O–H groups in total. The quantitative estimate of drug-likeness (QED) is 0.307. The second kappa shape index (κ2) is 13.9. The van der Waals surface area contributed by atoms with Crippen LogP contribution in [-0.2, 0) is 20.4 Å². The average molecular weight is 427 g/mol. The predicted molar refractivity (Wildman–Crippen MR) is 105 cm³/mol. The minimum Gasteiger partial charge on any atom is -0.0988 e. The molecule has 0 aliphatic rings. The third kappa shape index (κ3) is 12.6. The summed E-state index contributed by atoms with van der Waals surface area (Å²) in [7, 11) is 0.525. The van der Waals surface area contributed by atoms with Crippen molar-refractivity contribution in [3.8, 4) is 0 Å². The summed E-state index contributed by atoms with van der Waals surface area (Å²) < 4.78 is 0. The van der Waals surface area contributed by atoms with E-state index in [-0.39, 0.29) is 36.3 Å². The van der Waals surface area contributed by atoms with Gasteiger partial charge in [0.2, 0.25) is 0 Å². The van der Waals surface area contributed by atoms with Gasteiger partial charge < -0.3 is 0 Å². The molecule has 0 radical (unpaired) electrons. The van der Waals surface area contributed by atoms with Crippen LogP contribution >= 0.6 is 15.8 Å². The summed E-state index contributed by atoms with van der Waals surface area (Å²) in [6, 6.07) is 0. The van der Waals surface area contributed by atoms with Crippen molar-refractivity contribution in [2.24, 2.45) is 0 Å². The molecule has 0 heterocycles. The molecule has 0 atom stereocenters. The van der Waals surface area contributed by atoms with E-state index in [4.69, 9.17) is 0 Å². The third-order valence-electron chi connectivity index (χ3n) is 3.58. The first-order valence-corrected chi connectivity index (χ1v) is 11.6. The van der Waals surface area contributed by atoms with E-state index in [0.717, 1.165) is 34.0 Å². The summed E-state index contributed by atoms with van der Waals surface area (Å²) in [4.78, 5) is 0. The molecular weight excluding hydrogens is 385 g/mol. The van der Waals surface area contributed by atoms with Gasteiger partial charge >= 0.3 is 20.4 Å². The minimum absolute atomic E-state index is 0. The first-order chi connectivity index (χ1) is 8.93. The monoisotopic (exact) mass is 426 g/mol. The largest absolute Gasteiger partial charge is 2.00 e. The van der Waals surface area contributed by atoms with Gasteiger partial charge in [0.05, 0.1) is 0 Å². The molecule has 0 aliphatic heterocycles. The summed E-state index contributed by atoms with van der Waals surface area (Å²) >= 11 is 0. The zero-order valence-corrected chi connectivity index (χ0v) is 20.0. The van der Waals surface area contributed by atoms with Crippen molar-refractivity contribution in [2.75, 3.05) is 0 Å². The van der Waals surface area contributed by atoms with Gasteiger partial charge in [0.25, 0.3) is 0 Å². The molecule has 0 rings (SSSR count). The summed E-state index contributed by atoms with van der Waals surface area (Å²) in [6.45, 7) is 28.2. The Bertz CT molecular complexity index is 161. The molecule has 0 aromatic rings. The van der Waals surface area contributed by atoms with E-state index in [9.17, 15) is 0 Å². The smallest absolute Gasteiger partial charge is 0.0988 e. The van der Waals surface area contributed by atoms with Crippen LogP contribution in [0.4, 0.5) is 0 Å². The number of hydrogen-bond acceptors (Lipinski definition) is 0. The van der Waals surface area contributed by atoms with Gasteiger partial charge in [-0.3, -0.25) is 0 Å². The van der Waals surface area contributed by atoms with Crippen molar-refractivity contribution < 1.29 is 20.4 Å². The number of rotatable bonds is 6. The van der Waals surface area contributed by atoms with Crippen molar-refractivity contribution >= 4 is 15.8 Å². The van der Waals surface area contributed by atoms with Crippen LogP contribution in [0.25, 0.3) is 0 Å². The standard InChI is InChI=1S/2C9H21P.Pd/c2*1-7(2)10(8(3)4)9(5)6;/h2*7-9H,1-6H3;/q;;+2. The Balaban J connectivity index is -0.000000295. The van der Waals surface area contributed by atoms with E-state index < -0.39 is 0 Å². The van der Waals surface area contributed by atoms with Crippen LogP contribution in [0.3, 0.4) is 0 Å². The van der Waals surface area contributed by atoms with Crippen LogP contribution in [0, 0.1) is 0 Å². The summed E-state index contributed by atoms with van der Waals surface area (Å²) in [5, 5.41) is 0. The van der Waals surface area contributed by atoms with E-state index in [1.165, 1.54) is 0 Å². The van der Waals surface area contributed by atoms with E-state index in [0.29, 0.717) is 0 Å². The van der Waals surface area contributed by atoms with Crippen LogP contribution < -0.4 is 0 Å². The molecule has 0 bridgehead atoms. The molecule has 0 fully saturated rings. The summed E-state index contributed by atoms with van der Waals surface area (Å²) in [5.74, 6) is 0. The van der Waals surface area contributed by atoms with Crippen LogP contribution in [0.5, 0.6) is 0 Å². The molecule has 3 heteroatoms. The Labute approximate surface area is 153 Å². The Hall–Kier alpha value is 1.52. The zero-order valence-electron chi connectivity index (χ0n) is 16.7. The topological polar surface area (TPSA) is 0 Å². The normalized spacial score (nSPS) is 12.0. The maximum atomic E-state index is 2.35. The predicted octanol–water partition coefficient (Wildman–Crippen LogP) is 7.38. The van der Waals surface area contributed by atoms with E-state index in [1.807, 2.05) is 0 Å². The van der Waals surface area contributed by atoms with Crippen molar-refractivity contribution in [1.29, 1.82) is 0 Å². The van der Waals surface area contributed by atoms with Gasteiger partial charge in [0.1, 0.15) is 0 Å². The third-order valence-corrected chi connectivity index (χ3v) is 10.7. The molecule has 0 saturated heterocycles. The van der Waals surface area contributed by atoms with Gasteiger partial charge in [0, 0.05) is 0 Å². The first-order valence-electron chi connectivity index (χ1n) is 8.48. The average Bonchev–Trinajstić information content (AvgIpc) is 2.12. The number of hydrogen-bond donors (Lipinski definition) is 0. The molecule has 0 aromatic heterocycles. The fourth-order valence-electron chi connectivity index (χ4n) is 3.58. The molecule has 132 valence electrons. The summed E-state index contributed by atoms with van der Waals surface area (Å²) in [6.07, 6.45) is 0. The SMILES string of the molecule is CC(C)P(C(C)C)C(C)C.CC(C)P(C(C)C)C(C)C.[Pd+2]. The molecule has 0 spiro atoms.